The molecule has 0 fully saturated rings. The van der Waals surface area contributed by atoms with Crippen LogP contribution in [0.2, 0.25) is 0 Å². The van der Waals surface area contributed by atoms with Crippen LogP contribution in [-0.2, 0) is 0 Å². The molecule has 3 rings (SSSR count). The Hall–Kier alpha value is -2.53. The fraction of sp³-hybridized carbons (Fsp3) is 0.562. The molecule has 0 amide bonds. The molecule has 3 heterocycles. The second-order valence-electron chi connectivity index (χ2n) is 6.16. The first kappa shape index (κ1) is 16.3. The highest BCUT2D eigenvalue weighted by molar-refractivity contribution is 5.19. The summed E-state index contributed by atoms with van der Waals surface area (Å²) in [7, 11) is 0. The topological polar surface area (TPSA) is 93.5 Å². The highest BCUT2D eigenvalue weighted by Gasteiger charge is 2.38. The molecule has 1 aliphatic heterocycles. The molecule has 0 aliphatic carbocycles. The molecule has 1 unspecified atom stereocenters. The fourth-order valence-corrected chi connectivity index (χ4v) is 2.64. The van der Waals surface area contributed by atoms with Gasteiger partial charge in [-0.15, -0.1) is 17.4 Å². The maximum Gasteiger partial charge on any atom is 0.193 e. The molecule has 1 aliphatic rings. The van der Waals surface area contributed by atoms with Gasteiger partial charge in [-0.05, 0) is 30.3 Å². The molecule has 2 aromatic rings. The summed E-state index contributed by atoms with van der Waals surface area (Å²) >= 11 is 0. The van der Waals surface area contributed by atoms with Crippen LogP contribution in [0.1, 0.15) is 56.6 Å². The Labute approximate surface area is 140 Å². The largest absolute Gasteiger partial charge is 0.472 e. The predicted octanol–water partition coefficient (Wildman–Crippen LogP) is 2.49. The molecule has 0 radical (unpaired) electrons. The molecule has 126 valence electrons. The standard InChI is InChI=1S/C16H21N7O/c1-4-5-7-16(19-20-16)8-9-17-14(13-6-10-24-11-13)15-18-21-22-23(15)12(2)3/h1,6,10-12,14,17H,5,7-9H2,2-3H3. The first-order valence-corrected chi connectivity index (χ1v) is 8.06. The Kier molecular flexibility index (Phi) is 4.71. The van der Waals surface area contributed by atoms with Gasteiger partial charge in [0, 0.05) is 31.4 Å². The number of rotatable bonds is 9. The molecule has 1 atom stereocenters. The number of hydrogen-bond donors (Lipinski definition) is 1. The summed E-state index contributed by atoms with van der Waals surface area (Å²) in [6, 6.07) is 1.93. The van der Waals surface area contributed by atoms with Crippen molar-refractivity contribution >= 4 is 0 Å². The van der Waals surface area contributed by atoms with Gasteiger partial charge in [0.05, 0.1) is 24.6 Å². The zero-order valence-electron chi connectivity index (χ0n) is 13.9. The van der Waals surface area contributed by atoms with Crippen molar-refractivity contribution in [3.63, 3.8) is 0 Å². The van der Waals surface area contributed by atoms with Gasteiger partial charge in [-0.3, -0.25) is 0 Å². The molecule has 0 bridgehead atoms. The summed E-state index contributed by atoms with van der Waals surface area (Å²) < 4.78 is 7.04. The van der Waals surface area contributed by atoms with Gasteiger partial charge in [0.15, 0.2) is 11.5 Å². The maximum absolute atomic E-state index is 5.33. The Balaban J connectivity index is 1.68. The molecule has 1 N–H and O–H groups in total. The number of tetrazole rings is 1. The van der Waals surface area contributed by atoms with Crippen LogP contribution < -0.4 is 5.32 Å². The van der Waals surface area contributed by atoms with Crippen LogP contribution in [-0.4, -0.2) is 32.4 Å². The van der Waals surface area contributed by atoms with Crippen molar-refractivity contribution in [3.8, 4) is 12.3 Å². The number of nitrogens with one attached hydrogen (secondary N) is 1. The van der Waals surface area contributed by atoms with Crippen molar-refractivity contribution in [1.82, 2.24) is 25.5 Å². The van der Waals surface area contributed by atoms with Crippen LogP contribution >= 0.6 is 0 Å². The highest BCUT2D eigenvalue weighted by Crippen LogP contribution is 2.36. The van der Waals surface area contributed by atoms with Crippen LogP contribution in [0.3, 0.4) is 0 Å². The van der Waals surface area contributed by atoms with E-state index in [4.69, 9.17) is 10.8 Å². The van der Waals surface area contributed by atoms with Crippen molar-refractivity contribution in [3.05, 3.63) is 30.0 Å². The van der Waals surface area contributed by atoms with Crippen molar-refractivity contribution in [1.29, 1.82) is 0 Å². The first-order valence-electron chi connectivity index (χ1n) is 8.06. The average Bonchev–Trinajstić information content (AvgIpc) is 2.98. The first-order chi connectivity index (χ1) is 11.7. The molecule has 8 nitrogen and oxygen atoms in total. The third-order valence-corrected chi connectivity index (χ3v) is 4.07. The van der Waals surface area contributed by atoms with E-state index < -0.39 is 0 Å². The minimum atomic E-state index is -0.301. The van der Waals surface area contributed by atoms with Gasteiger partial charge < -0.3 is 9.73 Å². The molecule has 2 aromatic heterocycles. The summed E-state index contributed by atoms with van der Waals surface area (Å²) in [5, 5.41) is 23.9. The Morgan fingerprint density at radius 2 is 2.21 bits per heavy atom. The fourth-order valence-electron chi connectivity index (χ4n) is 2.64. The third kappa shape index (κ3) is 3.51. The van der Waals surface area contributed by atoms with Gasteiger partial charge in [0.25, 0.3) is 0 Å². The van der Waals surface area contributed by atoms with Gasteiger partial charge in [-0.1, -0.05) is 0 Å². The molecular weight excluding hydrogens is 306 g/mol. The zero-order valence-corrected chi connectivity index (χ0v) is 13.9. The van der Waals surface area contributed by atoms with Crippen LogP contribution in [0.25, 0.3) is 0 Å². The number of aromatic nitrogens is 4. The summed E-state index contributed by atoms with van der Waals surface area (Å²) in [5.74, 6) is 3.40. The van der Waals surface area contributed by atoms with Crippen molar-refractivity contribution in [2.24, 2.45) is 10.2 Å². The quantitative estimate of drug-likeness (QED) is 0.714. The maximum atomic E-state index is 5.33. The van der Waals surface area contributed by atoms with E-state index >= 15 is 0 Å². The van der Waals surface area contributed by atoms with Crippen LogP contribution in [0, 0.1) is 12.3 Å². The smallest absolute Gasteiger partial charge is 0.193 e. The predicted molar refractivity (Wildman–Crippen MR) is 87.0 cm³/mol. The molecule has 0 spiro atoms. The highest BCUT2D eigenvalue weighted by atomic mass is 16.3. The lowest BCUT2D eigenvalue weighted by molar-refractivity contribution is 0.433. The van der Waals surface area contributed by atoms with Crippen LogP contribution in [0.4, 0.5) is 0 Å². The van der Waals surface area contributed by atoms with E-state index in [1.165, 1.54) is 0 Å². The summed E-state index contributed by atoms with van der Waals surface area (Å²) in [5.41, 5.74) is 0.679. The zero-order chi connectivity index (χ0) is 17.0. The molecular formula is C16H21N7O. The van der Waals surface area contributed by atoms with Crippen molar-refractivity contribution in [2.45, 2.75) is 50.9 Å². The van der Waals surface area contributed by atoms with E-state index in [-0.39, 0.29) is 17.7 Å². The molecule has 0 saturated carbocycles. The van der Waals surface area contributed by atoms with Gasteiger partial charge in [0.2, 0.25) is 0 Å². The number of hydrogen-bond acceptors (Lipinski definition) is 7. The minimum absolute atomic E-state index is 0.149. The Morgan fingerprint density at radius 1 is 1.38 bits per heavy atom. The van der Waals surface area contributed by atoms with Gasteiger partial charge in [-0.2, -0.15) is 10.2 Å². The lowest BCUT2D eigenvalue weighted by atomic mass is 10.0. The van der Waals surface area contributed by atoms with E-state index in [0.717, 1.165) is 30.8 Å². The van der Waals surface area contributed by atoms with Gasteiger partial charge in [-0.25, -0.2) is 4.68 Å². The van der Waals surface area contributed by atoms with Crippen molar-refractivity contribution < 1.29 is 4.42 Å². The lowest BCUT2D eigenvalue weighted by Gasteiger charge is -2.19. The lowest BCUT2D eigenvalue weighted by Crippen LogP contribution is -2.29. The van der Waals surface area contributed by atoms with Crippen molar-refractivity contribution in [2.75, 3.05) is 6.54 Å². The van der Waals surface area contributed by atoms with Gasteiger partial charge >= 0.3 is 0 Å². The molecule has 8 heteroatoms. The number of terminal acetylenes is 1. The van der Waals surface area contributed by atoms with E-state index in [2.05, 4.69) is 37.0 Å². The molecule has 0 saturated heterocycles. The molecule has 24 heavy (non-hydrogen) atoms. The second kappa shape index (κ2) is 6.93. The monoisotopic (exact) mass is 327 g/mol. The minimum Gasteiger partial charge on any atom is -0.472 e. The third-order valence-electron chi connectivity index (χ3n) is 4.07. The van der Waals surface area contributed by atoms with Crippen LogP contribution in [0.5, 0.6) is 0 Å². The van der Waals surface area contributed by atoms with E-state index in [0.29, 0.717) is 6.42 Å². The normalized spacial score (nSPS) is 16.2. The van der Waals surface area contributed by atoms with E-state index in [9.17, 15) is 0 Å². The van der Waals surface area contributed by atoms with E-state index in [1.54, 1.807) is 12.5 Å². The summed E-state index contributed by atoms with van der Waals surface area (Å²) in [4.78, 5) is 0. The van der Waals surface area contributed by atoms with Crippen LogP contribution in [0.15, 0.2) is 33.2 Å². The van der Waals surface area contributed by atoms with E-state index in [1.807, 2.05) is 24.6 Å². The number of furan rings is 1. The number of nitrogens with zero attached hydrogens (tertiary/aromatic N) is 6. The Bertz CT molecular complexity index is 720. The Morgan fingerprint density at radius 3 is 2.83 bits per heavy atom. The van der Waals surface area contributed by atoms with Gasteiger partial charge in [0.1, 0.15) is 0 Å². The average molecular weight is 327 g/mol. The molecule has 0 aromatic carbocycles. The summed E-state index contributed by atoms with van der Waals surface area (Å²) in [6.45, 7) is 4.81. The summed E-state index contributed by atoms with van der Waals surface area (Å²) in [6.07, 6.45) is 11.0. The SMILES string of the molecule is C#CCCC1(CCNC(c2ccoc2)c2nnnn2C(C)C)N=N1. The second-order valence-corrected chi connectivity index (χ2v) is 6.16.